The van der Waals surface area contributed by atoms with Crippen molar-refractivity contribution in [3.63, 3.8) is 0 Å². The standard InChI is InChI=1S/C17H21N5O2S/c1-4-24-14-9-7-6-8-13(14)19-15(23)12-10-22-16(18-11(12)3)20-17(21-22)25-5-2/h6-9H,4-5,10H2,1-3H3,(H,19,23)(H,18,20,21). The number of fused-ring (bicyclic) bond motifs is 1. The first-order valence-corrected chi connectivity index (χ1v) is 9.18. The van der Waals surface area contributed by atoms with Crippen molar-refractivity contribution in [2.45, 2.75) is 32.5 Å². The maximum Gasteiger partial charge on any atom is 0.255 e. The third-order valence-electron chi connectivity index (χ3n) is 3.69. The van der Waals surface area contributed by atoms with Crippen LogP contribution in [0.1, 0.15) is 20.8 Å². The number of benzene rings is 1. The molecule has 2 aromatic rings. The van der Waals surface area contributed by atoms with Crippen LogP contribution in [0.3, 0.4) is 0 Å². The van der Waals surface area contributed by atoms with E-state index < -0.39 is 0 Å². The molecule has 1 aliphatic heterocycles. The van der Waals surface area contributed by atoms with E-state index in [1.807, 2.05) is 38.1 Å². The fraction of sp³-hybridized carbons (Fsp3) is 0.353. The molecule has 1 aromatic heterocycles. The van der Waals surface area contributed by atoms with Gasteiger partial charge in [-0.1, -0.05) is 30.8 Å². The first kappa shape index (κ1) is 17.3. The van der Waals surface area contributed by atoms with Crippen LogP contribution in [0.5, 0.6) is 5.75 Å². The molecular weight excluding hydrogens is 338 g/mol. The van der Waals surface area contributed by atoms with Gasteiger partial charge < -0.3 is 15.4 Å². The van der Waals surface area contributed by atoms with Gasteiger partial charge in [-0.15, -0.1) is 5.10 Å². The van der Waals surface area contributed by atoms with Crippen molar-refractivity contribution in [2.24, 2.45) is 0 Å². The molecule has 0 unspecified atom stereocenters. The largest absolute Gasteiger partial charge is 0.492 e. The summed E-state index contributed by atoms with van der Waals surface area (Å²) in [5, 5.41) is 11.2. The Morgan fingerprint density at radius 3 is 2.96 bits per heavy atom. The molecule has 8 heteroatoms. The summed E-state index contributed by atoms with van der Waals surface area (Å²) in [5.41, 5.74) is 2.05. The number of thioether (sulfide) groups is 1. The Labute approximate surface area is 150 Å². The molecule has 132 valence electrons. The van der Waals surface area contributed by atoms with Crippen LogP contribution < -0.4 is 15.4 Å². The van der Waals surface area contributed by atoms with Gasteiger partial charge in [0.25, 0.3) is 5.91 Å². The maximum atomic E-state index is 12.7. The number of carbonyl (C=O) groups excluding carboxylic acids is 1. The van der Waals surface area contributed by atoms with Gasteiger partial charge in [-0.05, 0) is 31.7 Å². The van der Waals surface area contributed by atoms with E-state index in [9.17, 15) is 4.79 Å². The molecule has 0 saturated heterocycles. The van der Waals surface area contributed by atoms with Crippen LogP contribution in [0.2, 0.25) is 0 Å². The molecule has 0 radical (unpaired) electrons. The SMILES string of the molecule is CCOc1ccccc1NC(=O)C1=C(C)Nc2nc(SCC)nn2C1. The lowest BCUT2D eigenvalue weighted by Gasteiger charge is -2.20. The highest BCUT2D eigenvalue weighted by molar-refractivity contribution is 7.99. The topological polar surface area (TPSA) is 81.1 Å². The number of hydrogen-bond donors (Lipinski definition) is 2. The number of carbonyl (C=O) groups is 1. The Morgan fingerprint density at radius 1 is 1.40 bits per heavy atom. The molecule has 1 aromatic carbocycles. The lowest BCUT2D eigenvalue weighted by molar-refractivity contribution is -0.113. The minimum Gasteiger partial charge on any atom is -0.492 e. The Kier molecular flexibility index (Phi) is 5.28. The molecule has 0 saturated carbocycles. The Hall–Kier alpha value is -2.48. The first-order valence-electron chi connectivity index (χ1n) is 8.20. The number of para-hydroxylation sites is 2. The summed E-state index contributed by atoms with van der Waals surface area (Å²) >= 11 is 1.57. The lowest BCUT2D eigenvalue weighted by atomic mass is 10.1. The van der Waals surface area contributed by atoms with E-state index in [2.05, 4.69) is 27.6 Å². The zero-order chi connectivity index (χ0) is 17.8. The first-order chi connectivity index (χ1) is 12.1. The quantitative estimate of drug-likeness (QED) is 0.771. The molecule has 2 heterocycles. The van der Waals surface area contributed by atoms with E-state index in [1.165, 1.54) is 0 Å². The third kappa shape index (κ3) is 3.79. The van der Waals surface area contributed by atoms with Gasteiger partial charge in [0.2, 0.25) is 11.1 Å². The zero-order valence-corrected chi connectivity index (χ0v) is 15.3. The minimum atomic E-state index is -0.178. The summed E-state index contributed by atoms with van der Waals surface area (Å²) in [6.07, 6.45) is 0. The number of amides is 1. The molecule has 0 bridgehead atoms. The maximum absolute atomic E-state index is 12.7. The number of nitrogens with zero attached hydrogens (tertiary/aromatic N) is 3. The number of aromatic nitrogens is 3. The molecule has 2 N–H and O–H groups in total. The molecule has 0 atom stereocenters. The molecular formula is C17H21N5O2S. The van der Waals surface area contributed by atoms with Gasteiger partial charge in [0.05, 0.1) is 24.4 Å². The van der Waals surface area contributed by atoms with Gasteiger partial charge in [0, 0.05) is 5.70 Å². The average Bonchev–Trinajstić information content (AvgIpc) is 2.97. The van der Waals surface area contributed by atoms with Crippen LogP contribution >= 0.6 is 11.8 Å². The number of anilines is 2. The fourth-order valence-electron chi connectivity index (χ4n) is 2.52. The summed E-state index contributed by atoms with van der Waals surface area (Å²) in [6.45, 7) is 6.75. The van der Waals surface area contributed by atoms with Crippen LogP contribution in [0, 0.1) is 0 Å². The van der Waals surface area contributed by atoms with Crippen molar-refractivity contribution >= 4 is 29.3 Å². The molecule has 0 spiro atoms. The predicted octanol–water partition coefficient (Wildman–Crippen LogP) is 3.13. The fourth-order valence-corrected chi connectivity index (χ4v) is 3.08. The lowest BCUT2D eigenvalue weighted by Crippen LogP contribution is -2.26. The highest BCUT2D eigenvalue weighted by atomic mass is 32.2. The van der Waals surface area contributed by atoms with E-state index >= 15 is 0 Å². The Balaban J connectivity index is 1.78. The van der Waals surface area contributed by atoms with Gasteiger partial charge >= 0.3 is 0 Å². The van der Waals surface area contributed by atoms with Crippen LogP contribution in [-0.4, -0.2) is 33.0 Å². The predicted molar refractivity (Wildman–Crippen MR) is 99.0 cm³/mol. The normalized spacial score (nSPS) is 13.2. The third-order valence-corrected chi connectivity index (χ3v) is 4.41. The van der Waals surface area contributed by atoms with Crippen molar-refractivity contribution in [1.29, 1.82) is 0 Å². The molecule has 3 rings (SSSR count). The summed E-state index contributed by atoms with van der Waals surface area (Å²) in [7, 11) is 0. The second kappa shape index (κ2) is 7.60. The number of allylic oxidation sites excluding steroid dienone is 1. The number of ether oxygens (including phenoxy) is 1. The molecule has 25 heavy (non-hydrogen) atoms. The van der Waals surface area contributed by atoms with Crippen LogP contribution in [-0.2, 0) is 11.3 Å². The Bertz CT molecular complexity index is 815. The second-order valence-corrected chi connectivity index (χ2v) is 6.65. The van der Waals surface area contributed by atoms with Gasteiger partial charge in [0.15, 0.2) is 0 Å². The average molecular weight is 359 g/mol. The van der Waals surface area contributed by atoms with Crippen LogP contribution in [0.25, 0.3) is 0 Å². The van der Waals surface area contributed by atoms with Gasteiger partial charge in [-0.3, -0.25) is 4.79 Å². The van der Waals surface area contributed by atoms with Crippen molar-refractivity contribution < 1.29 is 9.53 Å². The number of hydrogen-bond acceptors (Lipinski definition) is 6. The Morgan fingerprint density at radius 2 is 2.20 bits per heavy atom. The van der Waals surface area contributed by atoms with Crippen molar-refractivity contribution in [3.8, 4) is 5.75 Å². The molecule has 1 amide bonds. The van der Waals surface area contributed by atoms with Gasteiger partial charge in [-0.25, -0.2) is 4.68 Å². The summed E-state index contributed by atoms with van der Waals surface area (Å²) in [4.78, 5) is 17.2. The van der Waals surface area contributed by atoms with E-state index in [4.69, 9.17) is 4.74 Å². The highest BCUT2D eigenvalue weighted by Gasteiger charge is 2.23. The van der Waals surface area contributed by atoms with E-state index in [-0.39, 0.29) is 5.91 Å². The summed E-state index contributed by atoms with van der Waals surface area (Å²) in [5.74, 6) is 2.04. The van der Waals surface area contributed by atoms with Crippen LogP contribution in [0.4, 0.5) is 11.6 Å². The molecule has 1 aliphatic rings. The van der Waals surface area contributed by atoms with Crippen molar-refractivity contribution in [1.82, 2.24) is 14.8 Å². The molecule has 7 nitrogen and oxygen atoms in total. The highest BCUT2D eigenvalue weighted by Crippen LogP contribution is 2.27. The summed E-state index contributed by atoms with van der Waals surface area (Å²) in [6, 6.07) is 7.40. The van der Waals surface area contributed by atoms with Gasteiger partial charge in [-0.2, -0.15) is 4.98 Å². The van der Waals surface area contributed by atoms with Crippen LogP contribution in [0.15, 0.2) is 40.7 Å². The molecule has 0 aliphatic carbocycles. The number of rotatable bonds is 6. The molecule has 0 fully saturated rings. The zero-order valence-electron chi connectivity index (χ0n) is 14.5. The van der Waals surface area contributed by atoms with E-state index in [1.54, 1.807) is 16.4 Å². The van der Waals surface area contributed by atoms with E-state index in [0.717, 1.165) is 11.4 Å². The smallest absolute Gasteiger partial charge is 0.255 e. The monoisotopic (exact) mass is 359 g/mol. The second-order valence-electron chi connectivity index (χ2n) is 5.42. The minimum absolute atomic E-state index is 0.178. The summed E-state index contributed by atoms with van der Waals surface area (Å²) < 4.78 is 7.28. The van der Waals surface area contributed by atoms with Gasteiger partial charge in [0.1, 0.15) is 5.75 Å². The van der Waals surface area contributed by atoms with E-state index in [0.29, 0.717) is 41.3 Å². The van der Waals surface area contributed by atoms with Crippen molar-refractivity contribution in [3.05, 3.63) is 35.5 Å². The number of nitrogens with one attached hydrogen (secondary N) is 2. The van der Waals surface area contributed by atoms with Crippen molar-refractivity contribution in [2.75, 3.05) is 23.0 Å².